The molecule has 0 saturated carbocycles. The summed E-state index contributed by atoms with van der Waals surface area (Å²) in [6, 6.07) is 5.44. The Morgan fingerprint density at radius 3 is 2.62 bits per heavy atom. The first-order valence-corrected chi connectivity index (χ1v) is 7.08. The Morgan fingerprint density at radius 2 is 1.95 bits per heavy atom. The summed E-state index contributed by atoms with van der Waals surface area (Å²) in [6.07, 6.45) is 0.721. The van der Waals surface area contributed by atoms with Crippen LogP contribution in [-0.2, 0) is 6.42 Å². The lowest BCUT2D eigenvalue weighted by Gasteiger charge is -2.12. The molecule has 8 heteroatoms. The molecule has 0 aliphatic carbocycles. The topological polar surface area (TPSA) is 80.0 Å². The molecule has 3 N–H and O–H groups in total. The van der Waals surface area contributed by atoms with E-state index in [2.05, 4.69) is 20.3 Å². The van der Waals surface area contributed by atoms with Crippen LogP contribution in [0.3, 0.4) is 0 Å². The number of aromatic nitrogens is 3. The van der Waals surface area contributed by atoms with Gasteiger partial charge in [-0.3, -0.25) is 0 Å². The van der Waals surface area contributed by atoms with E-state index < -0.39 is 0 Å². The zero-order valence-corrected chi connectivity index (χ0v) is 13.3. The normalized spacial score (nSPS) is 10.5. The molecule has 0 fully saturated rings. The molecule has 0 spiro atoms. The molecule has 0 aliphatic heterocycles. The molecule has 6 nitrogen and oxygen atoms in total. The second-order valence-corrected chi connectivity index (χ2v) is 5.47. The van der Waals surface area contributed by atoms with Crippen molar-refractivity contribution in [2.24, 2.45) is 0 Å². The van der Waals surface area contributed by atoms with Gasteiger partial charge >= 0.3 is 0 Å². The van der Waals surface area contributed by atoms with Crippen LogP contribution in [-0.4, -0.2) is 35.6 Å². The fraction of sp³-hybridized carbons (Fsp3) is 0.308. The number of benzene rings is 1. The van der Waals surface area contributed by atoms with Gasteiger partial charge in [0.1, 0.15) is 0 Å². The zero-order chi connectivity index (χ0) is 15.4. The van der Waals surface area contributed by atoms with Crippen LogP contribution in [0.15, 0.2) is 18.2 Å². The van der Waals surface area contributed by atoms with E-state index in [1.54, 1.807) is 11.0 Å². The predicted molar refractivity (Wildman–Crippen MR) is 87.2 cm³/mol. The van der Waals surface area contributed by atoms with Crippen molar-refractivity contribution in [3.8, 4) is 0 Å². The summed E-state index contributed by atoms with van der Waals surface area (Å²) >= 11 is 12.0. The van der Waals surface area contributed by atoms with E-state index in [0.29, 0.717) is 28.5 Å². The molecule has 0 amide bonds. The number of hydrogen-bond acceptors (Lipinski definition) is 6. The summed E-state index contributed by atoms with van der Waals surface area (Å²) in [5, 5.41) is 4.38. The van der Waals surface area contributed by atoms with Crippen molar-refractivity contribution in [2.75, 3.05) is 36.6 Å². The molecule has 21 heavy (non-hydrogen) atoms. The zero-order valence-electron chi connectivity index (χ0n) is 11.8. The van der Waals surface area contributed by atoms with Crippen LogP contribution in [0, 0.1) is 0 Å². The van der Waals surface area contributed by atoms with E-state index in [9.17, 15) is 0 Å². The summed E-state index contributed by atoms with van der Waals surface area (Å²) in [5.41, 5.74) is 6.66. The van der Waals surface area contributed by atoms with Crippen molar-refractivity contribution < 1.29 is 0 Å². The Labute approximate surface area is 133 Å². The van der Waals surface area contributed by atoms with Crippen LogP contribution < -0.4 is 16.0 Å². The molecule has 0 aliphatic rings. The molecule has 112 valence electrons. The van der Waals surface area contributed by atoms with Gasteiger partial charge in [0.05, 0.1) is 0 Å². The van der Waals surface area contributed by atoms with E-state index in [0.717, 1.165) is 12.0 Å². The third kappa shape index (κ3) is 4.34. The number of hydrogen-bond donors (Lipinski definition) is 2. The van der Waals surface area contributed by atoms with Crippen LogP contribution in [0.25, 0.3) is 0 Å². The first-order chi connectivity index (χ1) is 9.95. The van der Waals surface area contributed by atoms with Gasteiger partial charge < -0.3 is 16.0 Å². The minimum atomic E-state index is 0.181. The van der Waals surface area contributed by atoms with Crippen molar-refractivity contribution in [3.05, 3.63) is 33.8 Å². The maximum atomic E-state index is 6.12. The third-order valence-corrected chi connectivity index (χ3v) is 3.32. The van der Waals surface area contributed by atoms with Crippen molar-refractivity contribution in [1.82, 2.24) is 15.0 Å². The van der Waals surface area contributed by atoms with Crippen LogP contribution in [0.5, 0.6) is 0 Å². The fourth-order valence-corrected chi connectivity index (χ4v) is 2.20. The number of anilines is 3. The predicted octanol–water partition coefficient (Wildman–Crippen LogP) is 2.48. The highest BCUT2D eigenvalue weighted by atomic mass is 35.5. The maximum Gasteiger partial charge on any atom is 0.231 e. The molecular formula is C13H16Cl2N6. The van der Waals surface area contributed by atoms with Gasteiger partial charge in [0.15, 0.2) is 0 Å². The van der Waals surface area contributed by atoms with Gasteiger partial charge in [0.2, 0.25) is 17.8 Å². The SMILES string of the molecule is CN(C)c1nc(N)nc(NCCc2ccc(Cl)cc2Cl)n1. The van der Waals surface area contributed by atoms with Gasteiger partial charge in [-0.25, -0.2) is 0 Å². The van der Waals surface area contributed by atoms with Gasteiger partial charge in [0, 0.05) is 30.7 Å². The highest BCUT2D eigenvalue weighted by molar-refractivity contribution is 6.35. The van der Waals surface area contributed by atoms with E-state index in [4.69, 9.17) is 28.9 Å². The smallest absolute Gasteiger partial charge is 0.231 e. The quantitative estimate of drug-likeness (QED) is 0.878. The second kappa shape index (κ2) is 6.78. The standard InChI is InChI=1S/C13H16Cl2N6/c1-21(2)13-19-11(16)18-12(20-13)17-6-5-8-3-4-9(14)7-10(8)15/h3-4,7H,5-6H2,1-2H3,(H3,16,17,18,19,20). The van der Waals surface area contributed by atoms with Crippen LogP contribution >= 0.6 is 23.2 Å². The average Bonchev–Trinajstić information content (AvgIpc) is 2.40. The lowest BCUT2D eigenvalue weighted by atomic mass is 10.1. The number of nitrogens with two attached hydrogens (primary N) is 1. The molecule has 0 atom stereocenters. The minimum Gasteiger partial charge on any atom is -0.368 e. The average molecular weight is 327 g/mol. The summed E-state index contributed by atoms with van der Waals surface area (Å²) in [6.45, 7) is 0.623. The van der Waals surface area contributed by atoms with Crippen molar-refractivity contribution in [2.45, 2.75) is 6.42 Å². The molecule has 1 heterocycles. The molecule has 1 aromatic heterocycles. The lowest BCUT2D eigenvalue weighted by Crippen LogP contribution is -2.17. The van der Waals surface area contributed by atoms with Gasteiger partial charge in [-0.1, -0.05) is 29.3 Å². The van der Waals surface area contributed by atoms with E-state index in [1.807, 2.05) is 26.2 Å². The largest absolute Gasteiger partial charge is 0.368 e. The molecular weight excluding hydrogens is 311 g/mol. The fourth-order valence-electron chi connectivity index (χ4n) is 1.69. The van der Waals surface area contributed by atoms with Crippen LogP contribution in [0.2, 0.25) is 10.0 Å². The first-order valence-electron chi connectivity index (χ1n) is 6.32. The van der Waals surface area contributed by atoms with Gasteiger partial charge in [-0.05, 0) is 24.1 Å². The Balaban J connectivity index is 2.00. The molecule has 2 aromatic rings. The monoisotopic (exact) mass is 326 g/mol. The van der Waals surface area contributed by atoms with E-state index in [1.165, 1.54) is 0 Å². The summed E-state index contributed by atoms with van der Waals surface area (Å²) in [4.78, 5) is 14.1. The van der Waals surface area contributed by atoms with E-state index >= 15 is 0 Å². The van der Waals surface area contributed by atoms with Crippen molar-refractivity contribution >= 4 is 41.0 Å². The van der Waals surface area contributed by atoms with Crippen LogP contribution in [0.4, 0.5) is 17.8 Å². The number of halogens is 2. The Morgan fingerprint density at radius 1 is 1.19 bits per heavy atom. The number of nitrogen functional groups attached to an aromatic ring is 1. The molecule has 0 saturated heterocycles. The number of rotatable bonds is 5. The lowest BCUT2D eigenvalue weighted by molar-refractivity contribution is 0.935. The summed E-state index contributed by atoms with van der Waals surface area (Å²) in [5.74, 6) is 1.13. The highest BCUT2D eigenvalue weighted by Gasteiger charge is 2.06. The maximum absolute atomic E-state index is 6.12. The van der Waals surface area contributed by atoms with Gasteiger partial charge in [-0.2, -0.15) is 15.0 Å². The Bertz CT molecular complexity index is 632. The molecule has 2 rings (SSSR count). The molecule has 1 aromatic carbocycles. The van der Waals surface area contributed by atoms with Crippen molar-refractivity contribution in [3.63, 3.8) is 0 Å². The van der Waals surface area contributed by atoms with E-state index in [-0.39, 0.29) is 5.95 Å². The summed E-state index contributed by atoms with van der Waals surface area (Å²) in [7, 11) is 3.68. The third-order valence-electron chi connectivity index (χ3n) is 2.73. The number of nitrogens with zero attached hydrogens (tertiary/aromatic N) is 4. The first kappa shape index (κ1) is 15.6. The van der Waals surface area contributed by atoms with Gasteiger partial charge in [-0.15, -0.1) is 0 Å². The summed E-state index contributed by atoms with van der Waals surface area (Å²) < 4.78 is 0. The molecule has 0 radical (unpaired) electrons. The highest BCUT2D eigenvalue weighted by Crippen LogP contribution is 2.21. The van der Waals surface area contributed by atoms with Crippen LogP contribution in [0.1, 0.15) is 5.56 Å². The molecule has 0 unspecified atom stereocenters. The Kier molecular flexibility index (Phi) is 5.03. The van der Waals surface area contributed by atoms with Crippen molar-refractivity contribution in [1.29, 1.82) is 0 Å². The second-order valence-electron chi connectivity index (χ2n) is 4.62. The minimum absolute atomic E-state index is 0.181. The molecule has 0 bridgehead atoms. The number of nitrogens with one attached hydrogen (secondary N) is 1. The van der Waals surface area contributed by atoms with Gasteiger partial charge in [0.25, 0.3) is 0 Å². The Hall–Kier alpha value is -1.79.